The molecule has 0 bridgehead atoms. The van der Waals surface area contributed by atoms with Crippen LogP contribution in [0.2, 0.25) is 0 Å². The molecule has 0 aliphatic carbocycles. The lowest BCUT2D eigenvalue weighted by Crippen LogP contribution is -2.24. The molecule has 1 aliphatic rings. The third-order valence-electron chi connectivity index (χ3n) is 3.60. The summed E-state index contributed by atoms with van der Waals surface area (Å²) in [6, 6.07) is 9.75. The van der Waals surface area contributed by atoms with E-state index in [1.165, 1.54) is 19.3 Å². The van der Waals surface area contributed by atoms with E-state index in [1.54, 1.807) is 4.90 Å². The van der Waals surface area contributed by atoms with Gasteiger partial charge in [0.1, 0.15) is 0 Å². The van der Waals surface area contributed by atoms with Crippen molar-refractivity contribution < 1.29 is 4.79 Å². The highest BCUT2D eigenvalue weighted by Gasteiger charge is 2.33. The topological polar surface area (TPSA) is 20.3 Å². The zero-order chi connectivity index (χ0) is 15.2. The molecule has 112 valence electrons. The smallest absolute Gasteiger partial charge is 0.270 e. The van der Waals surface area contributed by atoms with E-state index < -0.39 is 0 Å². The van der Waals surface area contributed by atoms with Crippen molar-refractivity contribution in [3.8, 4) is 0 Å². The normalized spacial score (nSPS) is 17.2. The fraction of sp³-hybridized carbons (Fsp3) is 0.353. The minimum atomic E-state index is 0.0115. The first kappa shape index (κ1) is 16.5. The second-order valence-corrected chi connectivity index (χ2v) is 6.32. The average molecular weight is 413 g/mol. The van der Waals surface area contributed by atoms with E-state index in [0.29, 0.717) is 4.48 Å². The van der Waals surface area contributed by atoms with Crippen molar-refractivity contribution in [1.82, 2.24) is 0 Å². The minimum Gasteiger partial charge on any atom is -0.276 e. The molecule has 1 aromatic carbocycles. The number of hydrogen-bond acceptors (Lipinski definition) is 1. The van der Waals surface area contributed by atoms with Gasteiger partial charge in [-0.2, -0.15) is 0 Å². The van der Waals surface area contributed by atoms with E-state index in [1.807, 2.05) is 35.3 Å². The summed E-state index contributed by atoms with van der Waals surface area (Å²) in [6.45, 7) is 2.20. The Morgan fingerprint density at radius 1 is 1.14 bits per heavy atom. The standard InChI is InChI=1S/C17H19Br2NO/c1-2-3-4-8-11-14-15(12-18)20(17(21)16(14)19)13-9-6-5-7-10-13/h5-7,9-10,12H,2-4,8,11H2,1H3/b15-12-. The van der Waals surface area contributed by atoms with Crippen molar-refractivity contribution >= 4 is 43.5 Å². The second kappa shape index (κ2) is 7.95. The molecule has 0 aromatic heterocycles. The maximum absolute atomic E-state index is 12.5. The Morgan fingerprint density at radius 3 is 2.48 bits per heavy atom. The van der Waals surface area contributed by atoms with Gasteiger partial charge in [0.15, 0.2) is 0 Å². The van der Waals surface area contributed by atoms with Gasteiger partial charge in [0.05, 0.1) is 10.2 Å². The summed E-state index contributed by atoms with van der Waals surface area (Å²) < 4.78 is 0.688. The molecule has 0 saturated heterocycles. The van der Waals surface area contributed by atoms with Crippen LogP contribution in [0.5, 0.6) is 0 Å². The van der Waals surface area contributed by atoms with Crippen molar-refractivity contribution in [3.63, 3.8) is 0 Å². The predicted molar refractivity (Wildman–Crippen MR) is 95.7 cm³/mol. The molecule has 0 radical (unpaired) electrons. The van der Waals surface area contributed by atoms with Crippen molar-refractivity contribution in [2.75, 3.05) is 4.90 Å². The van der Waals surface area contributed by atoms with Gasteiger partial charge in [0, 0.05) is 10.7 Å². The number of para-hydroxylation sites is 1. The summed E-state index contributed by atoms with van der Waals surface area (Å²) >= 11 is 6.91. The van der Waals surface area contributed by atoms with Crippen molar-refractivity contribution in [3.05, 3.63) is 51.1 Å². The first-order valence-electron chi connectivity index (χ1n) is 7.29. The van der Waals surface area contributed by atoms with Crippen LogP contribution in [0.1, 0.15) is 39.0 Å². The first-order chi connectivity index (χ1) is 10.2. The Kier molecular flexibility index (Phi) is 6.24. The van der Waals surface area contributed by atoms with Crippen LogP contribution in [-0.2, 0) is 4.79 Å². The van der Waals surface area contributed by atoms with Gasteiger partial charge in [-0.05, 0) is 46.5 Å². The molecule has 2 nitrogen and oxygen atoms in total. The van der Waals surface area contributed by atoms with E-state index in [0.717, 1.165) is 29.8 Å². The van der Waals surface area contributed by atoms with Gasteiger partial charge >= 0.3 is 0 Å². The minimum absolute atomic E-state index is 0.0115. The summed E-state index contributed by atoms with van der Waals surface area (Å²) in [7, 11) is 0. The van der Waals surface area contributed by atoms with Gasteiger partial charge in [0.25, 0.3) is 5.91 Å². The van der Waals surface area contributed by atoms with Crippen LogP contribution in [0.3, 0.4) is 0 Å². The SMILES string of the molecule is CCCCCCC1=C(Br)C(=O)N(c2ccccc2)/C1=C\Br. The van der Waals surface area contributed by atoms with E-state index in [2.05, 4.69) is 38.8 Å². The van der Waals surface area contributed by atoms with Crippen molar-refractivity contribution in [2.24, 2.45) is 0 Å². The first-order valence-corrected chi connectivity index (χ1v) is 9.00. The number of unbranched alkanes of at least 4 members (excludes halogenated alkanes) is 3. The van der Waals surface area contributed by atoms with E-state index >= 15 is 0 Å². The van der Waals surface area contributed by atoms with Gasteiger partial charge in [-0.25, -0.2) is 0 Å². The predicted octanol–water partition coefficient (Wildman–Crippen LogP) is 5.89. The maximum Gasteiger partial charge on any atom is 0.270 e. The molecule has 1 aliphatic heterocycles. The lowest BCUT2D eigenvalue weighted by Gasteiger charge is -2.19. The number of rotatable bonds is 6. The van der Waals surface area contributed by atoms with Gasteiger partial charge in [-0.1, -0.05) is 60.3 Å². The molecule has 4 heteroatoms. The number of benzene rings is 1. The molecule has 0 fully saturated rings. The van der Waals surface area contributed by atoms with Gasteiger partial charge in [-0.3, -0.25) is 9.69 Å². The van der Waals surface area contributed by atoms with Crippen LogP contribution in [0.25, 0.3) is 0 Å². The monoisotopic (exact) mass is 411 g/mol. The summed E-state index contributed by atoms with van der Waals surface area (Å²) in [5.41, 5.74) is 2.93. The number of allylic oxidation sites excluding steroid dienone is 1. The van der Waals surface area contributed by atoms with Crippen LogP contribution in [0.15, 0.2) is 51.1 Å². The zero-order valence-corrected chi connectivity index (χ0v) is 15.3. The number of carbonyl (C=O) groups excluding carboxylic acids is 1. The fourth-order valence-corrected chi connectivity index (χ4v) is 3.56. The highest BCUT2D eigenvalue weighted by atomic mass is 79.9. The largest absolute Gasteiger partial charge is 0.276 e. The fourth-order valence-electron chi connectivity index (χ4n) is 2.50. The van der Waals surface area contributed by atoms with E-state index in [4.69, 9.17) is 0 Å². The molecule has 1 heterocycles. The van der Waals surface area contributed by atoms with Crippen LogP contribution in [-0.4, -0.2) is 5.91 Å². The second-order valence-electron chi connectivity index (χ2n) is 5.07. The summed E-state index contributed by atoms with van der Waals surface area (Å²) in [6.07, 6.45) is 5.70. The molecule has 21 heavy (non-hydrogen) atoms. The molecular formula is C17H19Br2NO. The van der Waals surface area contributed by atoms with Gasteiger partial charge < -0.3 is 0 Å². The average Bonchev–Trinajstić information content (AvgIpc) is 2.76. The number of anilines is 1. The number of nitrogens with zero attached hydrogens (tertiary/aromatic N) is 1. The number of amides is 1. The van der Waals surface area contributed by atoms with E-state index in [9.17, 15) is 4.79 Å². The molecule has 0 atom stereocenters. The molecule has 0 spiro atoms. The van der Waals surface area contributed by atoms with Gasteiger partial charge in [-0.15, -0.1) is 0 Å². The Balaban J connectivity index is 2.20. The van der Waals surface area contributed by atoms with Crippen molar-refractivity contribution in [1.29, 1.82) is 0 Å². The van der Waals surface area contributed by atoms with Crippen molar-refractivity contribution in [2.45, 2.75) is 39.0 Å². The number of halogens is 2. The summed E-state index contributed by atoms with van der Waals surface area (Å²) in [4.78, 5) is 16.1. The summed E-state index contributed by atoms with van der Waals surface area (Å²) in [5, 5.41) is 0. The lowest BCUT2D eigenvalue weighted by molar-refractivity contribution is -0.113. The molecule has 0 unspecified atom stereocenters. The molecule has 1 amide bonds. The molecule has 0 N–H and O–H groups in total. The Hall–Kier alpha value is -0.870. The van der Waals surface area contributed by atoms with Gasteiger partial charge in [0.2, 0.25) is 0 Å². The van der Waals surface area contributed by atoms with Crippen LogP contribution in [0.4, 0.5) is 5.69 Å². The summed E-state index contributed by atoms with van der Waals surface area (Å²) in [5.74, 6) is 0.0115. The molecule has 0 saturated carbocycles. The third-order valence-corrected chi connectivity index (χ3v) is 4.86. The van der Waals surface area contributed by atoms with Crippen LogP contribution in [0, 0.1) is 0 Å². The third kappa shape index (κ3) is 3.67. The Morgan fingerprint density at radius 2 is 1.86 bits per heavy atom. The Bertz CT molecular complexity index is 563. The van der Waals surface area contributed by atoms with E-state index in [-0.39, 0.29) is 5.91 Å². The highest BCUT2D eigenvalue weighted by molar-refractivity contribution is 9.12. The van der Waals surface area contributed by atoms with Crippen LogP contribution >= 0.6 is 31.9 Å². The number of hydrogen-bond donors (Lipinski definition) is 0. The number of carbonyl (C=O) groups is 1. The Labute approximate surface area is 143 Å². The highest BCUT2D eigenvalue weighted by Crippen LogP contribution is 2.39. The zero-order valence-electron chi connectivity index (χ0n) is 12.1. The maximum atomic E-state index is 12.5. The van der Waals surface area contributed by atoms with Crippen LogP contribution < -0.4 is 4.90 Å². The lowest BCUT2D eigenvalue weighted by atomic mass is 10.1. The molecule has 2 rings (SSSR count). The molecular weight excluding hydrogens is 394 g/mol. The molecule has 1 aromatic rings. The quantitative estimate of drug-likeness (QED) is 0.533.